The number of anilines is 1. The van der Waals surface area contributed by atoms with Crippen LogP contribution in [0.4, 0.5) is 5.69 Å². The second-order valence-corrected chi connectivity index (χ2v) is 6.88. The molecule has 1 aliphatic heterocycles. The summed E-state index contributed by atoms with van der Waals surface area (Å²) in [5, 5.41) is 3.01. The maximum Gasteiger partial charge on any atom is 0.225 e. The molecule has 1 saturated heterocycles. The number of carbonyl (C=O) groups excluding carboxylic acids is 1. The van der Waals surface area contributed by atoms with Crippen LogP contribution in [0.3, 0.4) is 0 Å². The van der Waals surface area contributed by atoms with Gasteiger partial charge < -0.3 is 14.5 Å². The fraction of sp³-hybridized carbons (Fsp3) is 0.333. The summed E-state index contributed by atoms with van der Waals surface area (Å²) < 4.78 is 7.36. The van der Waals surface area contributed by atoms with E-state index in [-0.39, 0.29) is 5.91 Å². The molecule has 1 N–H and O–H groups in total. The topological polar surface area (TPSA) is 58.9 Å². The number of fused-ring (bicyclic) bond motifs is 1. The molecule has 6 heteroatoms. The van der Waals surface area contributed by atoms with Crippen LogP contribution in [0.5, 0.6) is 0 Å². The molecule has 27 heavy (non-hydrogen) atoms. The van der Waals surface area contributed by atoms with Crippen molar-refractivity contribution in [2.24, 2.45) is 0 Å². The number of nitrogens with zero attached hydrogens (tertiary/aromatic N) is 3. The van der Waals surface area contributed by atoms with Gasteiger partial charge in [-0.2, -0.15) is 0 Å². The average molecular weight is 364 g/mol. The largest absolute Gasteiger partial charge is 0.379 e. The van der Waals surface area contributed by atoms with Gasteiger partial charge in [0.15, 0.2) is 0 Å². The molecule has 0 bridgehead atoms. The van der Waals surface area contributed by atoms with E-state index < -0.39 is 0 Å². The zero-order chi connectivity index (χ0) is 18.6. The Labute approximate surface area is 158 Å². The normalized spacial score (nSPS) is 15.1. The summed E-state index contributed by atoms with van der Waals surface area (Å²) >= 11 is 0. The number of pyridine rings is 1. The number of benzene rings is 1. The van der Waals surface area contributed by atoms with E-state index in [4.69, 9.17) is 9.72 Å². The summed E-state index contributed by atoms with van der Waals surface area (Å²) in [4.78, 5) is 19.3. The summed E-state index contributed by atoms with van der Waals surface area (Å²) in [5.41, 5.74) is 4.77. The Bertz CT molecular complexity index is 944. The number of aryl methyl sites for hydroxylation is 1. The first-order valence-electron chi connectivity index (χ1n) is 9.34. The third-order valence-corrected chi connectivity index (χ3v) is 4.88. The minimum Gasteiger partial charge on any atom is -0.379 e. The maximum absolute atomic E-state index is 12.3. The molecule has 0 aliphatic carbocycles. The Morgan fingerprint density at radius 1 is 1.22 bits per heavy atom. The molecule has 0 saturated carbocycles. The highest BCUT2D eigenvalue weighted by atomic mass is 16.5. The van der Waals surface area contributed by atoms with Crippen molar-refractivity contribution < 1.29 is 9.53 Å². The molecule has 1 fully saturated rings. The molecule has 1 aliphatic rings. The Kier molecular flexibility index (Phi) is 5.18. The number of imidazole rings is 1. The second-order valence-electron chi connectivity index (χ2n) is 6.88. The van der Waals surface area contributed by atoms with Gasteiger partial charge in [0.25, 0.3) is 0 Å². The molecular formula is C21H24N4O2. The third kappa shape index (κ3) is 4.18. The summed E-state index contributed by atoms with van der Waals surface area (Å²) in [6.45, 7) is 6.12. The van der Waals surface area contributed by atoms with Crippen LogP contribution in [-0.4, -0.2) is 53.0 Å². The second kappa shape index (κ2) is 7.90. The minimum atomic E-state index is 0.0319. The lowest BCUT2D eigenvalue weighted by Crippen LogP contribution is -2.38. The number of aromatic nitrogens is 2. The van der Waals surface area contributed by atoms with Crippen molar-refractivity contribution in [1.29, 1.82) is 0 Å². The molecule has 3 heterocycles. The smallest absolute Gasteiger partial charge is 0.225 e. The lowest BCUT2D eigenvalue weighted by molar-refractivity contribution is -0.116. The monoisotopic (exact) mass is 364 g/mol. The first kappa shape index (κ1) is 17.7. The standard InChI is InChI=1S/C21H24N4O2/c1-16-4-3-8-25-15-19(23-21(16)25)17-5-2-6-18(14-17)22-20(26)7-9-24-10-12-27-13-11-24/h2-6,8,14-15H,7,9-13H2,1H3,(H,22,26). The van der Waals surface area contributed by atoms with Crippen molar-refractivity contribution in [3.05, 3.63) is 54.4 Å². The van der Waals surface area contributed by atoms with Gasteiger partial charge in [-0.15, -0.1) is 0 Å². The SMILES string of the molecule is Cc1cccn2cc(-c3cccc(NC(=O)CCN4CCOCC4)c3)nc12. The van der Waals surface area contributed by atoms with Gasteiger partial charge in [-0.25, -0.2) is 4.98 Å². The number of amides is 1. The maximum atomic E-state index is 12.3. The van der Waals surface area contributed by atoms with Gasteiger partial charge >= 0.3 is 0 Å². The van der Waals surface area contributed by atoms with Gasteiger partial charge in [0.05, 0.1) is 18.9 Å². The van der Waals surface area contributed by atoms with Gasteiger partial charge in [-0.1, -0.05) is 18.2 Å². The van der Waals surface area contributed by atoms with Crippen LogP contribution in [0.25, 0.3) is 16.9 Å². The number of ether oxygens (including phenoxy) is 1. The zero-order valence-electron chi connectivity index (χ0n) is 15.5. The van der Waals surface area contributed by atoms with Crippen LogP contribution in [-0.2, 0) is 9.53 Å². The lowest BCUT2D eigenvalue weighted by Gasteiger charge is -2.26. The Hall–Kier alpha value is -2.70. The number of carbonyl (C=O) groups is 1. The number of hydrogen-bond donors (Lipinski definition) is 1. The van der Waals surface area contributed by atoms with Gasteiger partial charge in [-0.3, -0.25) is 9.69 Å². The van der Waals surface area contributed by atoms with Crippen molar-refractivity contribution in [1.82, 2.24) is 14.3 Å². The van der Waals surface area contributed by atoms with Crippen molar-refractivity contribution in [2.45, 2.75) is 13.3 Å². The number of hydrogen-bond acceptors (Lipinski definition) is 4. The van der Waals surface area contributed by atoms with Gasteiger partial charge in [0, 0.05) is 49.7 Å². The fourth-order valence-electron chi connectivity index (χ4n) is 3.36. The highest BCUT2D eigenvalue weighted by molar-refractivity contribution is 5.91. The molecular weight excluding hydrogens is 340 g/mol. The van der Waals surface area contributed by atoms with E-state index in [2.05, 4.69) is 23.2 Å². The summed E-state index contributed by atoms with van der Waals surface area (Å²) in [5.74, 6) is 0.0319. The molecule has 0 unspecified atom stereocenters. The van der Waals surface area contributed by atoms with E-state index in [0.717, 1.165) is 61.0 Å². The third-order valence-electron chi connectivity index (χ3n) is 4.88. The molecule has 1 amide bonds. The van der Waals surface area contributed by atoms with Crippen LogP contribution in [0.2, 0.25) is 0 Å². The summed E-state index contributed by atoms with van der Waals surface area (Å²) in [7, 11) is 0. The van der Waals surface area contributed by atoms with Gasteiger partial charge in [0.2, 0.25) is 5.91 Å². The highest BCUT2D eigenvalue weighted by Gasteiger charge is 2.12. The van der Waals surface area contributed by atoms with Gasteiger partial charge in [0.1, 0.15) is 5.65 Å². The first-order chi connectivity index (χ1) is 13.2. The van der Waals surface area contributed by atoms with Crippen molar-refractivity contribution in [3.8, 4) is 11.3 Å². The van der Waals surface area contributed by atoms with E-state index in [0.29, 0.717) is 6.42 Å². The quantitative estimate of drug-likeness (QED) is 0.756. The van der Waals surface area contributed by atoms with E-state index in [1.54, 1.807) is 0 Å². The Morgan fingerprint density at radius 2 is 2.07 bits per heavy atom. The van der Waals surface area contributed by atoms with Crippen LogP contribution in [0.15, 0.2) is 48.8 Å². The molecule has 1 aromatic carbocycles. The molecule has 140 valence electrons. The number of nitrogens with one attached hydrogen (secondary N) is 1. The van der Waals surface area contributed by atoms with E-state index in [1.807, 2.05) is 47.1 Å². The molecule has 0 atom stereocenters. The molecule has 0 spiro atoms. The summed E-state index contributed by atoms with van der Waals surface area (Å²) in [6, 6.07) is 11.9. The molecule has 0 radical (unpaired) electrons. The Balaban J connectivity index is 1.43. The number of rotatable bonds is 5. The molecule has 6 nitrogen and oxygen atoms in total. The zero-order valence-corrected chi connectivity index (χ0v) is 15.5. The lowest BCUT2D eigenvalue weighted by atomic mass is 10.1. The molecule has 3 aromatic rings. The Morgan fingerprint density at radius 3 is 2.89 bits per heavy atom. The molecule has 4 rings (SSSR count). The minimum absolute atomic E-state index is 0.0319. The van der Waals surface area contributed by atoms with Crippen LogP contribution < -0.4 is 5.32 Å². The average Bonchev–Trinajstić information content (AvgIpc) is 3.13. The van der Waals surface area contributed by atoms with E-state index >= 15 is 0 Å². The van der Waals surface area contributed by atoms with Crippen molar-refractivity contribution in [3.63, 3.8) is 0 Å². The van der Waals surface area contributed by atoms with Gasteiger partial charge in [-0.05, 0) is 30.7 Å². The van der Waals surface area contributed by atoms with E-state index in [1.165, 1.54) is 0 Å². The van der Waals surface area contributed by atoms with E-state index in [9.17, 15) is 4.79 Å². The fourth-order valence-corrected chi connectivity index (χ4v) is 3.36. The predicted molar refractivity (Wildman–Crippen MR) is 106 cm³/mol. The number of morpholine rings is 1. The molecule has 2 aromatic heterocycles. The van der Waals surface area contributed by atoms with Crippen molar-refractivity contribution >= 4 is 17.2 Å². The first-order valence-corrected chi connectivity index (χ1v) is 9.34. The summed E-state index contributed by atoms with van der Waals surface area (Å²) in [6.07, 6.45) is 4.50. The van der Waals surface area contributed by atoms with Crippen LogP contribution in [0, 0.1) is 6.92 Å². The van der Waals surface area contributed by atoms with Crippen LogP contribution >= 0.6 is 0 Å². The highest BCUT2D eigenvalue weighted by Crippen LogP contribution is 2.23. The van der Waals surface area contributed by atoms with Crippen LogP contribution in [0.1, 0.15) is 12.0 Å². The predicted octanol–water partition coefficient (Wildman–Crippen LogP) is 2.97. The van der Waals surface area contributed by atoms with Crippen molar-refractivity contribution in [2.75, 3.05) is 38.2 Å².